The second kappa shape index (κ2) is 12.4. The van der Waals surface area contributed by atoms with E-state index in [1.54, 1.807) is 0 Å². The first-order valence-electron chi connectivity index (χ1n) is 16.9. The van der Waals surface area contributed by atoms with Gasteiger partial charge in [-0.15, -0.1) is 0 Å². The van der Waals surface area contributed by atoms with Gasteiger partial charge in [0.05, 0.1) is 5.92 Å². The molecule has 0 aromatic rings. The Morgan fingerprint density at radius 1 is 0.900 bits per heavy atom. The van der Waals surface area contributed by atoms with E-state index in [0.29, 0.717) is 12.1 Å². The number of allylic oxidation sites excluding steroid dienone is 1. The van der Waals surface area contributed by atoms with Crippen LogP contribution in [-0.4, -0.2) is 52.0 Å². The number of hydrogen-bond acceptors (Lipinski definition) is 4. The first-order chi connectivity index (χ1) is 19.4. The van der Waals surface area contributed by atoms with Crippen molar-refractivity contribution in [3.63, 3.8) is 0 Å². The maximum atomic E-state index is 12.9. The minimum absolute atomic E-state index is 0.0929. The largest absolute Gasteiger partial charge is 0.451 e. The Morgan fingerprint density at radius 2 is 1.55 bits per heavy atom. The van der Waals surface area contributed by atoms with Crippen LogP contribution in [0.15, 0.2) is 11.8 Å². The maximum Gasteiger partial charge on any atom is 0.231 e. The molecule has 0 radical (unpaired) electrons. The van der Waals surface area contributed by atoms with E-state index in [9.17, 15) is 4.79 Å². The number of hydrogen-bond donors (Lipinski definition) is 1. The van der Waals surface area contributed by atoms with Crippen molar-refractivity contribution >= 4 is 5.91 Å². The van der Waals surface area contributed by atoms with Crippen LogP contribution in [0.3, 0.4) is 0 Å². The Kier molecular flexibility index (Phi) is 8.86. The summed E-state index contributed by atoms with van der Waals surface area (Å²) >= 11 is 0. The molecule has 0 spiro atoms. The molecule has 7 atom stereocenters. The van der Waals surface area contributed by atoms with Gasteiger partial charge in [-0.05, 0) is 127 Å². The molecule has 4 saturated carbocycles. The third-order valence-corrected chi connectivity index (χ3v) is 12.2. The van der Waals surface area contributed by atoms with Crippen molar-refractivity contribution in [2.75, 3.05) is 0 Å². The summed E-state index contributed by atoms with van der Waals surface area (Å²) in [5.74, 6) is 2.73. The number of amides is 1. The molecule has 7 unspecified atom stereocenters. The van der Waals surface area contributed by atoms with E-state index in [1.165, 1.54) is 77.0 Å². The lowest BCUT2D eigenvalue weighted by atomic mass is 9.72. The van der Waals surface area contributed by atoms with Crippen LogP contribution < -0.4 is 5.32 Å². The van der Waals surface area contributed by atoms with Gasteiger partial charge in [0.1, 0.15) is 12.2 Å². The average Bonchev–Trinajstić information content (AvgIpc) is 3.28. The first-order valence-corrected chi connectivity index (χ1v) is 16.9. The van der Waals surface area contributed by atoms with E-state index in [-0.39, 0.29) is 23.8 Å². The number of nitrogens with one attached hydrogen (secondary N) is 1. The quantitative estimate of drug-likeness (QED) is 0.309. The van der Waals surface area contributed by atoms with Gasteiger partial charge in [0, 0.05) is 35.8 Å². The normalized spacial score (nSPS) is 45.4. The molecule has 5 heteroatoms. The standard InChI is InChI=1S/C35H54N3O2/c1-5-40-33-8-6-7-30-31(36-35(39)34(30)33)22-28-18-13-25-21-29(19-20-32(25)37(28)4)38(26-14-9-23(2)10-15-26)27-16-11-24(3)12-17-27/h1,22-30,32-34H,4,6-21H2,2-3H3,(H,36,39)/q-1/b31-22-. The maximum absolute atomic E-state index is 12.9. The van der Waals surface area contributed by atoms with E-state index in [4.69, 9.17) is 11.2 Å². The van der Waals surface area contributed by atoms with E-state index in [1.807, 2.05) is 0 Å². The second-order valence-electron chi connectivity index (χ2n) is 14.7. The predicted molar refractivity (Wildman–Crippen MR) is 161 cm³/mol. The molecule has 222 valence electrons. The van der Waals surface area contributed by atoms with Crippen molar-refractivity contribution in [3.05, 3.63) is 18.8 Å². The molecule has 5 nitrogen and oxygen atoms in total. The molecule has 0 bridgehead atoms. The lowest BCUT2D eigenvalue weighted by Gasteiger charge is -2.56. The zero-order valence-electron chi connectivity index (χ0n) is 25.2. The Hall–Kier alpha value is -1.51. The molecular weight excluding hydrogens is 494 g/mol. The number of likely N-dealkylation sites (tertiary alicyclic amines) is 1. The van der Waals surface area contributed by atoms with Gasteiger partial charge in [-0.3, -0.25) is 16.7 Å². The fraction of sp³-hybridized carbons (Fsp3) is 0.829. The molecule has 6 fully saturated rings. The summed E-state index contributed by atoms with van der Waals surface area (Å²) in [5.41, 5.74) is 1.11. The summed E-state index contributed by atoms with van der Waals surface area (Å²) < 4.78 is 5.54. The highest BCUT2D eigenvalue weighted by atomic mass is 16.5. The Balaban J connectivity index is 1.12. The second-order valence-corrected chi connectivity index (χ2v) is 14.7. The van der Waals surface area contributed by atoms with Crippen LogP contribution in [0, 0.1) is 49.2 Å². The topological polar surface area (TPSA) is 44.8 Å². The fourth-order valence-corrected chi connectivity index (χ4v) is 9.96. The molecule has 2 aliphatic heterocycles. The lowest BCUT2D eigenvalue weighted by molar-refractivity contribution is -0.127. The molecule has 40 heavy (non-hydrogen) atoms. The molecule has 6 rings (SSSR count). The number of nitrogens with zero attached hydrogens (tertiary/aromatic N) is 2. The van der Waals surface area contributed by atoms with Crippen molar-refractivity contribution < 1.29 is 9.53 Å². The minimum Gasteiger partial charge on any atom is -0.451 e. The van der Waals surface area contributed by atoms with Gasteiger partial charge in [-0.2, -0.15) is 0 Å². The number of fused-ring (bicyclic) bond motifs is 2. The predicted octanol–water partition coefficient (Wildman–Crippen LogP) is 6.64. The summed E-state index contributed by atoms with van der Waals surface area (Å²) in [6.07, 6.45) is 30.6. The smallest absolute Gasteiger partial charge is 0.231 e. The lowest BCUT2D eigenvalue weighted by Crippen LogP contribution is -2.57. The van der Waals surface area contributed by atoms with Crippen molar-refractivity contribution in [3.8, 4) is 12.5 Å². The zero-order chi connectivity index (χ0) is 27.8. The van der Waals surface area contributed by atoms with Crippen LogP contribution >= 0.6 is 0 Å². The van der Waals surface area contributed by atoms with Gasteiger partial charge in [0.15, 0.2) is 0 Å². The third-order valence-electron chi connectivity index (χ3n) is 12.2. The highest BCUT2D eigenvalue weighted by Crippen LogP contribution is 2.45. The van der Waals surface area contributed by atoms with Gasteiger partial charge in [0.2, 0.25) is 5.91 Å². The summed E-state index contributed by atoms with van der Waals surface area (Å²) in [5, 5.41) is 3.24. The summed E-state index contributed by atoms with van der Waals surface area (Å²) in [7, 11) is 4.65. The molecule has 0 aromatic carbocycles. The first kappa shape index (κ1) is 28.6. The third kappa shape index (κ3) is 5.74. The summed E-state index contributed by atoms with van der Waals surface area (Å²) in [6.45, 7) is 4.92. The Morgan fingerprint density at radius 3 is 2.20 bits per heavy atom. The van der Waals surface area contributed by atoms with Gasteiger partial charge in [-0.1, -0.05) is 26.3 Å². The van der Waals surface area contributed by atoms with Crippen LogP contribution in [0.25, 0.3) is 0 Å². The van der Waals surface area contributed by atoms with Gasteiger partial charge >= 0.3 is 0 Å². The average molecular weight is 549 g/mol. The number of carbonyl (C=O) groups is 1. The molecule has 4 aliphatic carbocycles. The highest BCUT2D eigenvalue weighted by molar-refractivity contribution is 5.85. The molecule has 2 saturated heterocycles. The van der Waals surface area contributed by atoms with Crippen molar-refractivity contribution in [1.29, 1.82) is 0 Å². The highest BCUT2D eigenvalue weighted by Gasteiger charge is 2.47. The molecule has 0 aromatic heterocycles. The number of terminal acetylenes is 1. The van der Waals surface area contributed by atoms with Gasteiger partial charge in [-0.25, -0.2) is 0 Å². The Bertz CT molecular complexity index is 934. The van der Waals surface area contributed by atoms with Crippen LogP contribution in [0.5, 0.6) is 0 Å². The molecule has 1 amide bonds. The van der Waals surface area contributed by atoms with Crippen LogP contribution in [0.2, 0.25) is 0 Å². The van der Waals surface area contributed by atoms with Gasteiger partial charge in [0.25, 0.3) is 0 Å². The minimum atomic E-state index is -0.154. The van der Waals surface area contributed by atoms with Crippen LogP contribution in [0.4, 0.5) is 0 Å². The summed E-state index contributed by atoms with van der Waals surface area (Å²) in [6, 6.07) is 3.24. The number of piperidine rings is 1. The fourth-order valence-electron chi connectivity index (χ4n) is 9.96. The van der Waals surface area contributed by atoms with E-state index in [2.05, 4.69) is 48.2 Å². The zero-order valence-corrected chi connectivity index (χ0v) is 25.2. The van der Waals surface area contributed by atoms with Crippen molar-refractivity contribution in [2.45, 2.75) is 153 Å². The van der Waals surface area contributed by atoms with Crippen molar-refractivity contribution in [2.24, 2.45) is 29.6 Å². The van der Waals surface area contributed by atoms with Gasteiger partial charge < -0.3 is 15.0 Å². The van der Waals surface area contributed by atoms with E-state index < -0.39 is 0 Å². The SMILES string of the molecule is C#COC1CCCC2/C(=C/C3CCC4CC(N(C5CCC(C)CC5)C5CCC(C)CC5)CCC4N3[CH2-])NC(=O)C12. The molecule has 1 N–H and O–H groups in total. The number of ether oxygens (including phenoxy) is 1. The van der Waals surface area contributed by atoms with Crippen molar-refractivity contribution in [1.82, 2.24) is 15.1 Å². The monoisotopic (exact) mass is 548 g/mol. The number of rotatable bonds is 5. The van der Waals surface area contributed by atoms with E-state index >= 15 is 0 Å². The van der Waals surface area contributed by atoms with Crippen LogP contribution in [-0.2, 0) is 9.53 Å². The Labute approximate surface area is 244 Å². The molecular formula is C35H54N3O2-. The summed E-state index contributed by atoms with van der Waals surface area (Å²) in [4.78, 5) is 18.5. The van der Waals surface area contributed by atoms with E-state index in [0.717, 1.165) is 67.3 Å². The molecule has 6 aliphatic rings. The number of carbonyl (C=O) groups excluding carboxylic acids is 1. The van der Waals surface area contributed by atoms with Crippen LogP contribution in [0.1, 0.15) is 117 Å². The molecule has 2 heterocycles.